The summed E-state index contributed by atoms with van der Waals surface area (Å²) in [6.07, 6.45) is 1.80. The van der Waals surface area contributed by atoms with Crippen molar-refractivity contribution >= 4 is 28.9 Å². The molecule has 7 heteroatoms. The van der Waals surface area contributed by atoms with Crippen molar-refractivity contribution in [3.63, 3.8) is 0 Å². The van der Waals surface area contributed by atoms with E-state index < -0.39 is 63.1 Å². The number of phenolic OH excluding ortho intramolecular Hbond substituents is 1. The maximum absolute atomic E-state index is 14.6. The van der Waals surface area contributed by atoms with Crippen molar-refractivity contribution in [3.05, 3.63) is 28.3 Å². The lowest BCUT2D eigenvalue weighted by atomic mass is 9.39. The van der Waals surface area contributed by atoms with Crippen LogP contribution in [0.25, 0.3) is 0 Å². The van der Waals surface area contributed by atoms with E-state index in [2.05, 4.69) is 27.7 Å². The Morgan fingerprint density at radius 2 is 1.60 bits per heavy atom. The van der Waals surface area contributed by atoms with Crippen molar-refractivity contribution in [2.24, 2.45) is 45.8 Å². The summed E-state index contributed by atoms with van der Waals surface area (Å²) in [5.41, 5.74) is -2.74. The fourth-order valence-corrected chi connectivity index (χ4v) is 9.45. The van der Waals surface area contributed by atoms with Gasteiger partial charge in [-0.3, -0.25) is 24.0 Å². The first-order chi connectivity index (χ1) is 19.5. The number of benzene rings is 1. The second-order valence-electron chi connectivity index (χ2n) is 16.4. The Morgan fingerprint density at radius 1 is 1.02 bits per heavy atom. The standard InChI is InChI=1S/C36H50O7/c1-17(2)22-13-21(12-19(5)14-33(7,8)9)28(38)25-23(22)15-34(10)16-35(11)26(18(3)4)29(39)24(20(6)37)31(41)36(35,43)32(42)27(34)30(25)40/h13,17-19,24,26-27,38,43H,12,14-16H2,1-11H3/t19?,24?,26?,27?,34-,35-,36+/m1/s1. The smallest absolute Gasteiger partial charge is 0.190 e. The topological polar surface area (TPSA) is 126 Å². The molecule has 3 aliphatic rings. The van der Waals surface area contributed by atoms with E-state index in [0.717, 1.165) is 18.9 Å². The van der Waals surface area contributed by atoms with Crippen LogP contribution in [0.15, 0.2) is 6.07 Å². The van der Waals surface area contributed by atoms with Gasteiger partial charge in [0.05, 0.1) is 11.5 Å². The van der Waals surface area contributed by atoms with E-state index in [9.17, 15) is 34.2 Å². The number of fused-ring (bicyclic) bond motifs is 3. The summed E-state index contributed by atoms with van der Waals surface area (Å²) in [6, 6.07) is 2.00. The minimum absolute atomic E-state index is 0.0309. The fourth-order valence-electron chi connectivity index (χ4n) is 9.45. The zero-order valence-corrected chi connectivity index (χ0v) is 27.8. The van der Waals surface area contributed by atoms with Gasteiger partial charge in [-0.25, -0.2) is 0 Å². The van der Waals surface area contributed by atoms with Crippen LogP contribution in [-0.2, 0) is 32.0 Å². The molecule has 0 saturated heterocycles. The van der Waals surface area contributed by atoms with Crippen LogP contribution in [0.4, 0.5) is 0 Å². The molecular formula is C36H50O7. The Hall–Kier alpha value is -2.67. The van der Waals surface area contributed by atoms with Gasteiger partial charge in [-0.15, -0.1) is 0 Å². The molecule has 3 aliphatic carbocycles. The lowest BCUT2D eigenvalue weighted by Crippen LogP contribution is -2.76. The van der Waals surface area contributed by atoms with Crippen molar-refractivity contribution < 1.29 is 34.2 Å². The summed E-state index contributed by atoms with van der Waals surface area (Å²) >= 11 is 0. The number of Topliss-reactive ketones (excluding diaryl/α,β-unsaturated/α-hetero) is 5. The quantitative estimate of drug-likeness (QED) is 0.397. The molecule has 43 heavy (non-hydrogen) atoms. The van der Waals surface area contributed by atoms with Crippen molar-refractivity contribution in [2.45, 2.75) is 113 Å². The summed E-state index contributed by atoms with van der Waals surface area (Å²) < 4.78 is 0. The molecule has 2 saturated carbocycles. The van der Waals surface area contributed by atoms with Crippen LogP contribution >= 0.6 is 0 Å². The molecule has 0 spiro atoms. The molecule has 2 fully saturated rings. The number of aliphatic hydroxyl groups is 1. The molecule has 7 nitrogen and oxygen atoms in total. The van der Waals surface area contributed by atoms with Gasteiger partial charge in [-0.05, 0) is 77.9 Å². The van der Waals surface area contributed by atoms with Crippen LogP contribution in [0.3, 0.4) is 0 Å². The molecule has 0 radical (unpaired) electrons. The van der Waals surface area contributed by atoms with Crippen LogP contribution < -0.4 is 0 Å². The number of carbonyl (C=O) groups excluding carboxylic acids is 5. The number of carbonyl (C=O) groups is 5. The van der Waals surface area contributed by atoms with Gasteiger partial charge in [-0.2, -0.15) is 0 Å². The Labute approximate surface area is 256 Å². The number of phenols is 1. The second kappa shape index (κ2) is 10.5. The van der Waals surface area contributed by atoms with Gasteiger partial charge in [0.25, 0.3) is 0 Å². The molecule has 1 aromatic carbocycles. The summed E-state index contributed by atoms with van der Waals surface area (Å²) in [6.45, 7) is 20.8. The van der Waals surface area contributed by atoms with E-state index in [0.29, 0.717) is 17.5 Å². The van der Waals surface area contributed by atoms with Gasteiger partial charge in [-0.1, -0.05) is 75.3 Å². The van der Waals surface area contributed by atoms with E-state index >= 15 is 0 Å². The molecule has 236 valence electrons. The van der Waals surface area contributed by atoms with Crippen LogP contribution in [0, 0.1) is 45.8 Å². The van der Waals surface area contributed by atoms with Crippen LogP contribution in [0.1, 0.15) is 122 Å². The minimum Gasteiger partial charge on any atom is -0.507 e. The molecule has 1 aromatic rings. The molecule has 4 unspecified atom stereocenters. The molecular weight excluding hydrogens is 544 g/mol. The maximum Gasteiger partial charge on any atom is 0.190 e. The van der Waals surface area contributed by atoms with Gasteiger partial charge in [0.2, 0.25) is 0 Å². The molecule has 0 aliphatic heterocycles. The predicted octanol–water partition coefficient (Wildman–Crippen LogP) is 5.83. The Bertz CT molecular complexity index is 1410. The number of hydrogen-bond acceptors (Lipinski definition) is 7. The third kappa shape index (κ3) is 4.85. The monoisotopic (exact) mass is 594 g/mol. The number of rotatable bonds is 6. The highest BCUT2D eigenvalue weighted by Gasteiger charge is 2.76. The van der Waals surface area contributed by atoms with Crippen LogP contribution in [-0.4, -0.2) is 44.7 Å². The number of hydrogen-bond donors (Lipinski definition) is 2. The van der Waals surface area contributed by atoms with Gasteiger partial charge in [0.15, 0.2) is 28.7 Å². The molecule has 0 amide bonds. The van der Waals surface area contributed by atoms with E-state index in [1.54, 1.807) is 20.8 Å². The normalized spacial score (nSPS) is 33.4. The Morgan fingerprint density at radius 3 is 2.09 bits per heavy atom. The summed E-state index contributed by atoms with van der Waals surface area (Å²) in [5.74, 6) is -8.28. The van der Waals surface area contributed by atoms with Crippen molar-refractivity contribution in [2.75, 3.05) is 0 Å². The first-order valence-corrected chi connectivity index (χ1v) is 15.8. The molecule has 0 heterocycles. The van der Waals surface area contributed by atoms with E-state index in [1.807, 2.05) is 26.8 Å². The molecule has 4 rings (SSSR count). The third-order valence-electron chi connectivity index (χ3n) is 10.6. The van der Waals surface area contributed by atoms with E-state index in [-0.39, 0.29) is 47.3 Å². The molecule has 2 N–H and O–H groups in total. The lowest BCUT2D eigenvalue weighted by molar-refractivity contribution is -0.205. The van der Waals surface area contributed by atoms with Crippen molar-refractivity contribution in [3.8, 4) is 5.75 Å². The number of ketones is 5. The highest BCUT2D eigenvalue weighted by Crippen LogP contribution is 2.64. The lowest BCUT2D eigenvalue weighted by Gasteiger charge is -2.62. The van der Waals surface area contributed by atoms with Crippen LogP contribution in [0.5, 0.6) is 5.75 Å². The maximum atomic E-state index is 14.6. The molecule has 0 bridgehead atoms. The molecule has 7 atom stereocenters. The predicted molar refractivity (Wildman–Crippen MR) is 164 cm³/mol. The minimum atomic E-state index is -2.68. The Balaban J connectivity index is 1.93. The summed E-state index contributed by atoms with van der Waals surface area (Å²) in [4.78, 5) is 69.2. The van der Waals surface area contributed by atoms with Crippen molar-refractivity contribution in [1.29, 1.82) is 0 Å². The van der Waals surface area contributed by atoms with Gasteiger partial charge in [0.1, 0.15) is 17.5 Å². The first-order valence-electron chi connectivity index (χ1n) is 15.8. The molecule has 0 aromatic heterocycles. The van der Waals surface area contributed by atoms with Gasteiger partial charge < -0.3 is 10.2 Å². The number of aromatic hydroxyl groups is 1. The summed E-state index contributed by atoms with van der Waals surface area (Å²) in [7, 11) is 0. The Kier molecular flexibility index (Phi) is 8.08. The van der Waals surface area contributed by atoms with Crippen LogP contribution in [0.2, 0.25) is 0 Å². The van der Waals surface area contributed by atoms with Crippen molar-refractivity contribution in [1.82, 2.24) is 0 Å². The summed E-state index contributed by atoms with van der Waals surface area (Å²) in [5, 5.41) is 23.9. The largest absolute Gasteiger partial charge is 0.507 e. The van der Waals surface area contributed by atoms with Gasteiger partial charge >= 0.3 is 0 Å². The average Bonchev–Trinajstić information content (AvgIpc) is 2.81. The van der Waals surface area contributed by atoms with E-state index in [1.165, 1.54) is 0 Å². The third-order valence-corrected chi connectivity index (χ3v) is 10.6. The van der Waals surface area contributed by atoms with E-state index in [4.69, 9.17) is 0 Å². The average molecular weight is 595 g/mol. The highest BCUT2D eigenvalue weighted by molar-refractivity contribution is 6.32. The SMILES string of the molecule is CC(=O)C1C(=O)C(C(C)C)[C@@]2(C)C[C@@]3(C)Cc4c(C(C)C)cc(CC(C)CC(C)(C)C)c(O)c4C(=O)C3C(=O)[C@@]2(O)C1=O. The van der Waals surface area contributed by atoms with Gasteiger partial charge in [0, 0.05) is 11.3 Å². The fraction of sp³-hybridized carbons (Fsp3) is 0.694. The second-order valence-corrected chi connectivity index (χ2v) is 16.4. The first kappa shape index (κ1) is 33.2. The zero-order valence-electron chi connectivity index (χ0n) is 27.8. The highest BCUT2D eigenvalue weighted by atomic mass is 16.3. The zero-order chi connectivity index (χ0) is 32.8.